The molecule has 16 nitrogen and oxygen atoms in total. The summed E-state index contributed by atoms with van der Waals surface area (Å²) in [6.07, 6.45) is 2.34. The Hall–Kier alpha value is -5.74. The Kier molecular flexibility index (Phi) is 12.9. The maximum Gasteiger partial charge on any atom is 0.407 e. The van der Waals surface area contributed by atoms with Gasteiger partial charge < -0.3 is 49.3 Å². The third-order valence-electron chi connectivity index (χ3n) is 11.2. The number of nitrogens with one attached hydrogen (secondary N) is 4. The number of rotatable bonds is 14. The quantitative estimate of drug-likeness (QED) is 0.0920. The van der Waals surface area contributed by atoms with Gasteiger partial charge in [0.05, 0.1) is 38.2 Å². The highest BCUT2D eigenvalue weighted by atomic mass is 35.5. The number of benzene rings is 2. The van der Waals surface area contributed by atoms with Crippen molar-refractivity contribution in [2.75, 3.05) is 27.3 Å². The van der Waals surface area contributed by atoms with Crippen molar-refractivity contribution in [3.8, 4) is 45.1 Å². The van der Waals surface area contributed by atoms with Crippen molar-refractivity contribution < 1.29 is 38.1 Å². The fraction of sp³-hybridized carbons (Fsp3) is 0.442. The molecule has 0 spiro atoms. The van der Waals surface area contributed by atoms with Gasteiger partial charge >= 0.3 is 12.2 Å². The number of methoxy groups -OCH3 is 2. The van der Waals surface area contributed by atoms with Crippen LogP contribution >= 0.6 is 23.2 Å². The lowest BCUT2D eigenvalue weighted by Gasteiger charge is -2.30. The summed E-state index contributed by atoms with van der Waals surface area (Å²) >= 11 is 13.6. The number of alkyl carbamates (subject to hydrolysis) is 2. The zero-order valence-electron chi connectivity index (χ0n) is 34.9. The van der Waals surface area contributed by atoms with Gasteiger partial charge in [-0.15, -0.1) is 6.58 Å². The molecule has 3 atom stereocenters. The highest BCUT2D eigenvalue weighted by Crippen LogP contribution is 2.51. The van der Waals surface area contributed by atoms with Crippen molar-refractivity contribution in [3.63, 3.8) is 0 Å². The molecule has 2 aromatic carbocycles. The van der Waals surface area contributed by atoms with Crippen molar-refractivity contribution >= 4 is 47.2 Å². The topological polar surface area (TPSA) is 193 Å². The van der Waals surface area contributed by atoms with Gasteiger partial charge in [0.2, 0.25) is 11.8 Å². The molecule has 1 saturated heterocycles. The number of amides is 4. The van der Waals surface area contributed by atoms with Gasteiger partial charge in [0, 0.05) is 46.5 Å². The SMILES string of the molecule is C=CCCN(Cc1nc(Cl)c(-c2cc3c4c(c2)OCc2cc(-c5[nH]c([C@@H]6CCCN6C(=O)[C@@H](NC(=O)OC)C(C)C)nc5Cl)cc(c2-4)OC3)[nH]1)C(=O)[C@@H](NC(=O)OC)C(C)C. The summed E-state index contributed by atoms with van der Waals surface area (Å²) in [5.74, 6) is 1.49. The predicted molar refractivity (Wildman–Crippen MR) is 228 cm³/mol. The van der Waals surface area contributed by atoms with Gasteiger partial charge in [-0.25, -0.2) is 19.6 Å². The van der Waals surface area contributed by atoms with E-state index in [9.17, 15) is 19.2 Å². The number of nitrogens with zero attached hydrogens (tertiary/aromatic N) is 4. The maximum absolute atomic E-state index is 13.7. The number of carbonyl (C=O) groups is 4. The molecule has 7 rings (SSSR count). The molecule has 61 heavy (non-hydrogen) atoms. The number of ether oxygens (including phenoxy) is 4. The molecule has 3 aliphatic heterocycles. The lowest BCUT2D eigenvalue weighted by atomic mass is 9.87. The normalized spacial score (nSPS) is 16.0. The third-order valence-corrected chi connectivity index (χ3v) is 11.8. The first-order valence-electron chi connectivity index (χ1n) is 20.2. The van der Waals surface area contributed by atoms with Gasteiger partial charge in [-0.1, -0.05) is 57.0 Å². The molecule has 0 radical (unpaired) electrons. The molecule has 5 heterocycles. The second-order valence-corrected chi connectivity index (χ2v) is 16.7. The van der Waals surface area contributed by atoms with E-state index < -0.39 is 24.3 Å². The maximum atomic E-state index is 13.7. The van der Waals surface area contributed by atoms with E-state index >= 15 is 0 Å². The van der Waals surface area contributed by atoms with E-state index in [1.165, 1.54) is 14.2 Å². The Morgan fingerprint density at radius 2 is 1.44 bits per heavy atom. The smallest absolute Gasteiger partial charge is 0.407 e. The number of halogens is 2. The number of aromatic amines is 2. The minimum atomic E-state index is -0.812. The van der Waals surface area contributed by atoms with Crippen molar-refractivity contribution in [1.82, 2.24) is 40.4 Å². The average molecular weight is 878 g/mol. The van der Waals surface area contributed by atoms with Gasteiger partial charge in [-0.3, -0.25) is 9.59 Å². The number of hydrogen-bond donors (Lipinski definition) is 4. The molecule has 0 bridgehead atoms. The Bertz CT molecular complexity index is 2310. The van der Waals surface area contributed by atoms with Gasteiger partial charge in [0.15, 0.2) is 10.3 Å². The number of aromatic nitrogens is 4. The largest absolute Gasteiger partial charge is 0.488 e. The van der Waals surface area contributed by atoms with Crippen molar-refractivity contribution in [2.24, 2.45) is 11.8 Å². The van der Waals surface area contributed by atoms with Crippen LogP contribution in [0, 0.1) is 11.8 Å². The fourth-order valence-electron chi connectivity index (χ4n) is 8.14. The van der Waals surface area contributed by atoms with Gasteiger partial charge in [0.1, 0.15) is 48.4 Å². The van der Waals surface area contributed by atoms with Crippen LogP contribution in [-0.4, -0.2) is 93.1 Å². The molecule has 4 N–H and O–H groups in total. The summed E-state index contributed by atoms with van der Waals surface area (Å²) in [5.41, 5.74) is 6.28. The Morgan fingerprint density at radius 1 is 0.885 bits per heavy atom. The molecule has 4 amide bonds. The molecule has 2 aromatic heterocycles. The van der Waals surface area contributed by atoms with Crippen molar-refractivity contribution in [1.29, 1.82) is 0 Å². The highest BCUT2D eigenvalue weighted by molar-refractivity contribution is 6.32. The van der Waals surface area contributed by atoms with E-state index in [2.05, 4.69) is 37.1 Å². The van der Waals surface area contributed by atoms with Gasteiger partial charge in [0.25, 0.3) is 0 Å². The molecule has 3 aliphatic rings. The zero-order valence-corrected chi connectivity index (χ0v) is 36.5. The van der Waals surface area contributed by atoms with E-state index in [1.54, 1.807) is 15.9 Å². The molecule has 18 heteroatoms. The molecule has 4 aromatic rings. The van der Waals surface area contributed by atoms with E-state index in [0.29, 0.717) is 60.5 Å². The van der Waals surface area contributed by atoms with Crippen LogP contribution in [0.15, 0.2) is 36.9 Å². The van der Waals surface area contributed by atoms with E-state index in [-0.39, 0.29) is 59.8 Å². The molecule has 1 fully saturated rings. The summed E-state index contributed by atoms with van der Waals surface area (Å²) in [5, 5.41) is 5.81. The molecular formula is C43H50Cl2N8O8. The van der Waals surface area contributed by atoms with E-state index in [0.717, 1.165) is 39.8 Å². The molecule has 0 unspecified atom stereocenters. The molecular weight excluding hydrogens is 827 g/mol. The van der Waals surface area contributed by atoms with Crippen LogP contribution < -0.4 is 20.1 Å². The van der Waals surface area contributed by atoms with Crippen molar-refractivity contribution in [3.05, 3.63) is 70.0 Å². The first kappa shape index (κ1) is 43.4. The third kappa shape index (κ3) is 8.73. The van der Waals surface area contributed by atoms with Gasteiger partial charge in [-0.05, 0) is 55.4 Å². The van der Waals surface area contributed by atoms with Crippen LogP contribution in [0.5, 0.6) is 11.5 Å². The van der Waals surface area contributed by atoms with Gasteiger partial charge in [-0.2, -0.15) is 0 Å². The minimum absolute atomic E-state index is 0.112. The monoisotopic (exact) mass is 876 g/mol. The Morgan fingerprint density at radius 3 is 2.00 bits per heavy atom. The summed E-state index contributed by atoms with van der Waals surface area (Å²) in [4.78, 5) is 70.9. The molecule has 0 aliphatic carbocycles. The summed E-state index contributed by atoms with van der Waals surface area (Å²) in [6, 6.07) is 5.92. The number of hydrogen-bond acceptors (Lipinski definition) is 10. The number of H-pyrrole nitrogens is 2. The highest BCUT2D eigenvalue weighted by Gasteiger charge is 2.39. The summed E-state index contributed by atoms with van der Waals surface area (Å²) < 4.78 is 22.3. The average Bonchev–Trinajstić information content (AvgIpc) is 3.99. The predicted octanol–water partition coefficient (Wildman–Crippen LogP) is 7.55. The minimum Gasteiger partial charge on any atom is -0.488 e. The lowest BCUT2D eigenvalue weighted by molar-refractivity contribution is -0.136. The van der Waals surface area contributed by atoms with Crippen LogP contribution in [-0.2, 0) is 38.8 Å². The van der Waals surface area contributed by atoms with Crippen LogP contribution in [0.4, 0.5) is 9.59 Å². The van der Waals surface area contributed by atoms with Crippen LogP contribution in [0.1, 0.15) is 75.8 Å². The summed E-state index contributed by atoms with van der Waals surface area (Å²) in [6.45, 7) is 12.7. The second kappa shape index (κ2) is 18.1. The van der Waals surface area contributed by atoms with Crippen molar-refractivity contribution in [2.45, 2.75) is 84.8 Å². The molecule has 0 saturated carbocycles. The zero-order chi connectivity index (χ0) is 43.7. The summed E-state index contributed by atoms with van der Waals surface area (Å²) in [7, 11) is 2.52. The Labute approximate surface area is 363 Å². The first-order valence-corrected chi connectivity index (χ1v) is 21.0. The second-order valence-electron chi connectivity index (χ2n) is 16.0. The standard InChI is InChI=1S/C43H50Cl2N8O8/c1-8-9-12-52(40(54)33(21(2)3)49-42(56)58-6)18-30-46-35(37(44)47-30)23-14-25-19-61-29-17-24(15-26-20-60-28(16-23)31(25)32(26)29)36-38(45)51-39(48-36)27-11-10-13-53(27)41(55)34(22(4)5)50-43(57)59-7/h8,14-17,21-22,27,33-34H,1,9-13,18-20H2,2-7H3,(H,46,47)(H,48,51)(H,49,56)(H,50,57)/t27-,33-,34-/m0/s1. The van der Waals surface area contributed by atoms with Crippen LogP contribution in [0.3, 0.4) is 0 Å². The number of imidazole rings is 2. The Balaban J connectivity index is 1.13. The lowest BCUT2D eigenvalue weighted by Crippen LogP contribution is -2.51. The number of likely N-dealkylation sites (tertiary alicyclic amines) is 1. The molecule has 324 valence electrons. The van der Waals surface area contributed by atoms with Crippen LogP contribution in [0.2, 0.25) is 10.3 Å². The number of carbonyl (C=O) groups excluding carboxylic acids is 4. The van der Waals surface area contributed by atoms with E-state index in [4.69, 9.17) is 42.1 Å². The van der Waals surface area contributed by atoms with Crippen LogP contribution in [0.25, 0.3) is 33.6 Å². The van der Waals surface area contributed by atoms with E-state index in [1.807, 2.05) is 52.0 Å². The first-order chi connectivity index (χ1) is 29.2. The fourth-order valence-corrected chi connectivity index (χ4v) is 8.64.